The number of ether oxygens (including phenoxy) is 2. The number of hydrogen-bond donors (Lipinski definition) is 2. The first-order valence-electron chi connectivity index (χ1n) is 9.41. The molecule has 0 aliphatic heterocycles. The van der Waals surface area contributed by atoms with Crippen LogP contribution in [-0.4, -0.2) is 47.5 Å². The Morgan fingerprint density at radius 1 is 1.11 bits per heavy atom. The Labute approximate surface area is 166 Å². The molecule has 0 radical (unpaired) electrons. The molecular formula is C22H30N2O4. The Hall–Kier alpha value is -2.73. The molecule has 0 aliphatic carbocycles. The van der Waals surface area contributed by atoms with Crippen LogP contribution in [0.3, 0.4) is 0 Å². The number of carbonyl (C=O) groups is 1. The summed E-state index contributed by atoms with van der Waals surface area (Å²) in [6.45, 7) is 6.08. The highest BCUT2D eigenvalue weighted by Crippen LogP contribution is 2.13. The van der Waals surface area contributed by atoms with Gasteiger partial charge in [-0.25, -0.2) is 4.79 Å². The molecule has 0 heterocycles. The van der Waals surface area contributed by atoms with Crippen LogP contribution in [0.15, 0.2) is 54.6 Å². The molecule has 0 aliphatic rings. The summed E-state index contributed by atoms with van der Waals surface area (Å²) < 4.78 is 11.1. The van der Waals surface area contributed by atoms with E-state index in [4.69, 9.17) is 15.2 Å². The number of rotatable bonds is 8. The molecule has 152 valence electrons. The summed E-state index contributed by atoms with van der Waals surface area (Å²) in [4.78, 5) is 14.1. The third-order valence-corrected chi connectivity index (χ3v) is 3.92. The van der Waals surface area contributed by atoms with Crippen LogP contribution < -0.4 is 10.5 Å². The summed E-state index contributed by atoms with van der Waals surface area (Å²) in [5, 5.41) is 10.4. The largest absolute Gasteiger partial charge is 0.491 e. The van der Waals surface area contributed by atoms with Crippen molar-refractivity contribution in [2.24, 2.45) is 0 Å². The van der Waals surface area contributed by atoms with E-state index in [2.05, 4.69) is 0 Å². The number of nitrogens with two attached hydrogens (primary N) is 1. The minimum Gasteiger partial charge on any atom is -0.491 e. The highest BCUT2D eigenvalue weighted by molar-refractivity contribution is 5.68. The van der Waals surface area contributed by atoms with Crippen molar-refractivity contribution >= 4 is 11.8 Å². The number of anilines is 1. The van der Waals surface area contributed by atoms with Crippen molar-refractivity contribution < 1.29 is 19.4 Å². The van der Waals surface area contributed by atoms with Gasteiger partial charge in [-0.1, -0.05) is 30.3 Å². The van der Waals surface area contributed by atoms with Gasteiger partial charge in [0, 0.05) is 12.2 Å². The topological polar surface area (TPSA) is 85.0 Å². The standard InChI is InChI=1S/C22H30N2O4/c1-22(2,3)28-21(26)24(14-13-17-9-11-18(23)12-10-17)15-19(25)16-27-20-7-5-4-6-8-20/h4-12,19,25H,13-16,23H2,1-3H3/t19-/m0/s1. The maximum Gasteiger partial charge on any atom is 0.410 e. The van der Waals surface area contributed by atoms with Crippen molar-refractivity contribution in [2.45, 2.75) is 38.9 Å². The average Bonchev–Trinajstić information content (AvgIpc) is 2.64. The molecule has 1 atom stereocenters. The Kier molecular flexibility index (Phi) is 7.70. The number of benzene rings is 2. The first kappa shape index (κ1) is 21.6. The second-order valence-corrected chi connectivity index (χ2v) is 7.70. The van der Waals surface area contributed by atoms with Gasteiger partial charge in [0.15, 0.2) is 0 Å². The van der Waals surface area contributed by atoms with E-state index in [1.807, 2.05) is 75.4 Å². The van der Waals surface area contributed by atoms with Gasteiger partial charge in [0.1, 0.15) is 24.1 Å². The highest BCUT2D eigenvalue weighted by atomic mass is 16.6. The minimum absolute atomic E-state index is 0.0885. The monoisotopic (exact) mass is 386 g/mol. The molecule has 1 amide bonds. The van der Waals surface area contributed by atoms with Crippen molar-refractivity contribution in [3.8, 4) is 5.75 Å². The molecule has 0 fully saturated rings. The molecule has 28 heavy (non-hydrogen) atoms. The molecule has 0 saturated carbocycles. The van der Waals surface area contributed by atoms with E-state index >= 15 is 0 Å². The van der Waals surface area contributed by atoms with Gasteiger partial charge in [-0.15, -0.1) is 0 Å². The number of aliphatic hydroxyl groups is 1. The van der Waals surface area contributed by atoms with E-state index in [9.17, 15) is 9.90 Å². The van der Waals surface area contributed by atoms with E-state index in [1.165, 1.54) is 4.90 Å². The zero-order chi connectivity index (χ0) is 20.6. The SMILES string of the molecule is CC(C)(C)OC(=O)N(CCc1ccc(N)cc1)C[C@H](O)COc1ccccc1. The van der Waals surface area contributed by atoms with E-state index in [-0.39, 0.29) is 13.2 Å². The fraction of sp³-hybridized carbons (Fsp3) is 0.409. The number of nitrogens with zero attached hydrogens (tertiary/aromatic N) is 1. The lowest BCUT2D eigenvalue weighted by Gasteiger charge is -2.29. The van der Waals surface area contributed by atoms with E-state index in [0.717, 1.165) is 5.56 Å². The summed E-state index contributed by atoms with van der Waals surface area (Å²) in [5.74, 6) is 0.673. The normalized spacial score (nSPS) is 12.3. The molecule has 0 aromatic heterocycles. The van der Waals surface area contributed by atoms with Crippen molar-refractivity contribution in [3.63, 3.8) is 0 Å². The predicted octanol–water partition coefficient (Wildman–Crippen LogP) is 3.49. The zero-order valence-electron chi connectivity index (χ0n) is 16.8. The second-order valence-electron chi connectivity index (χ2n) is 7.70. The molecular weight excluding hydrogens is 356 g/mol. The molecule has 6 heteroatoms. The van der Waals surface area contributed by atoms with Crippen LogP contribution in [0, 0.1) is 0 Å². The number of amides is 1. The summed E-state index contributed by atoms with van der Waals surface area (Å²) in [6, 6.07) is 16.8. The highest BCUT2D eigenvalue weighted by Gasteiger charge is 2.24. The molecule has 0 saturated heterocycles. The lowest BCUT2D eigenvalue weighted by atomic mass is 10.1. The van der Waals surface area contributed by atoms with E-state index in [0.29, 0.717) is 24.4 Å². The lowest BCUT2D eigenvalue weighted by molar-refractivity contribution is 0.00945. The molecule has 0 unspecified atom stereocenters. The van der Waals surface area contributed by atoms with Crippen LogP contribution in [0.1, 0.15) is 26.3 Å². The molecule has 0 bridgehead atoms. The summed E-state index contributed by atoms with van der Waals surface area (Å²) >= 11 is 0. The van der Waals surface area contributed by atoms with Crippen LogP contribution in [0.25, 0.3) is 0 Å². The third kappa shape index (κ3) is 7.88. The van der Waals surface area contributed by atoms with Gasteiger partial charge in [-0.2, -0.15) is 0 Å². The first-order valence-corrected chi connectivity index (χ1v) is 9.41. The van der Waals surface area contributed by atoms with Crippen LogP contribution in [0.4, 0.5) is 10.5 Å². The molecule has 3 N–H and O–H groups in total. The van der Waals surface area contributed by atoms with Gasteiger partial charge < -0.3 is 25.2 Å². The van der Waals surface area contributed by atoms with Crippen molar-refractivity contribution in [2.75, 3.05) is 25.4 Å². The number of hydrogen-bond acceptors (Lipinski definition) is 5. The zero-order valence-corrected chi connectivity index (χ0v) is 16.8. The Bertz CT molecular complexity index is 726. The van der Waals surface area contributed by atoms with Crippen molar-refractivity contribution in [1.82, 2.24) is 4.90 Å². The van der Waals surface area contributed by atoms with Crippen LogP contribution in [-0.2, 0) is 11.2 Å². The van der Waals surface area contributed by atoms with Gasteiger partial charge in [0.2, 0.25) is 0 Å². The van der Waals surface area contributed by atoms with Crippen molar-refractivity contribution in [1.29, 1.82) is 0 Å². The van der Waals surface area contributed by atoms with E-state index < -0.39 is 17.8 Å². The van der Waals surface area contributed by atoms with E-state index in [1.54, 1.807) is 0 Å². The first-order chi connectivity index (χ1) is 13.2. The molecule has 2 aromatic rings. The molecule has 6 nitrogen and oxygen atoms in total. The summed E-state index contributed by atoms with van der Waals surface area (Å²) in [7, 11) is 0. The number of para-hydroxylation sites is 1. The van der Waals surface area contributed by atoms with Crippen LogP contribution >= 0.6 is 0 Å². The van der Waals surface area contributed by atoms with Crippen molar-refractivity contribution in [3.05, 3.63) is 60.2 Å². The van der Waals surface area contributed by atoms with Gasteiger partial charge >= 0.3 is 6.09 Å². The molecule has 2 aromatic carbocycles. The molecule has 0 spiro atoms. The quantitative estimate of drug-likeness (QED) is 0.679. The second kappa shape index (κ2) is 9.99. The van der Waals surface area contributed by atoms with Crippen LogP contribution in [0.2, 0.25) is 0 Å². The third-order valence-electron chi connectivity index (χ3n) is 3.92. The number of aliphatic hydroxyl groups excluding tert-OH is 1. The Balaban J connectivity index is 1.95. The summed E-state index contributed by atoms with van der Waals surface area (Å²) in [5.41, 5.74) is 6.86. The fourth-order valence-corrected chi connectivity index (χ4v) is 2.55. The van der Waals surface area contributed by atoms with Crippen LogP contribution in [0.5, 0.6) is 5.75 Å². The van der Waals surface area contributed by atoms with Gasteiger partial charge in [0.05, 0.1) is 6.54 Å². The minimum atomic E-state index is -0.834. The Morgan fingerprint density at radius 2 is 1.75 bits per heavy atom. The lowest BCUT2D eigenvalue weighted by Crippen LogP contribution is -2.43. The smallest absolute Gasteiger partial charge is 0.410 e. The van der Waals surface area contributed by atoms with Gasteiger partial charge in [-0.3, -0.25) is 0 Å². The Morgan fingerprint density at radius 3 is 2.36 bits per heavy atom. The predicted molar refractivity (Wildman–Crippen MR) is 110 cm³/mol. The van der Waals surface area contributed by atoms with Gasteiger partial charge in [0.25, 0.3) is 0 Å². The molecule has 2 rings (SSSR count). The summed E-state index contributed by atoms with van der Waals surface area (Å²) in [6.07, 6.45) is -0.660. The maximum absolute atomic E-state index is 12.6. The fourth-order valence-electron chi connectivity index (χ4n) is 2.55. The number of carbonyl (C=O) groups excluding carboxylic acids is 1. The van der Waals surface area contributed by atoms with Gasteiger partial charge in [-0.05, 0) is 57.0 Å². The number of nitrogen functional groups attached to an aromatic ring is 1. The maximum atomic E-state index is 12.6. The average molecular weight is 386 g/mol.